The first-order valence-corrected chi connectivity index (χ1v) is 8.56. The first kappa shape index (κ1) is 19.0. The van der Waals surface area contributed by atoms with Crippen LogP contribution in [0.3, 0.4) is 0 Å². The monoisotopic (exact) mass is 421 g/mol. The molecule has 1 heterocycles. The second kappa shape index (κ2) is 7.43. The van der Waals surface area contributed by atoms with Crippen LogP contribution in [0.5, 0.6) is 0 Å². The molecule has 7 nitrogen and oxygen atoms in total. The summed E-state index contributed by atoms with van der Waals surface area (Å²) in [5, 5.41) is 13.7. The van der Waals surface area contributed by atoms with Gasteiger partial charge in [-0.25, -0.2) is 0 Å². The van der Waals surface area contributed by atoms with Crippen molar-refractivity contribution in [3.05, 3.63) is 73.8 Å². The summed E-state index contributed by atoms with van der Waals surface area (Å²) in [6.45, 7) is 0. The zero-order valence-corrected chi connectivity index (χ0v) is 15.6. The van der Waals surface area contributed by atoms with Crippen LogP contribution in [0.2, 0.25) is 10.0 Å². The number of para-hydroxylation sites is 1. The van der Waals surface area contributed by atoms with E-state index in [9.17, 15) is 19.7 Å². The van der Waals surface area contributed by atoms with Crippen LogP contribution in [0.25, 0.3) is 6.08 Å². The van der Waals surface area contributed by atoms with E-state index < -0.39 is 16.7 Å². The molecule has 1 fully saturated rings. The van der Waals surface area contributed by atoms with Gasteiger partial charge < -0.3 is 0 Å². The number of anilines is 1. The van der Waals surface area contributed by atoms with Gasteiger partial charge in [-0.05, 0) is 36.5 Å². The Hall–Kier alpha value is -2.81. The van der Waals surface area contributed by atoms with Gasteiger partial charge in [0.2, 0.25) is 0 Å². The van der Waals surface area contributed by atoms with Crippen molar-refractivity contribution in [2.75, 3.05) is 4.90 Å². The molecular formula is C17H9Cl2N3O4S. The van der Waals surface area contributed by atoms with Crippen molar-refractivity contribution in [3.63, 3.8) is 0 Å². The molecule has 0 spiro atoms. The first-order chi connectivity index (χ1) is 12.8. The fourth-order valence-electron chi connectivity index (χ4n) is 2.47. The van der Waals surface area contributed by atoms with E-state index in [1.54, 1.807) is 12.1 Å². The fraction of sp³-hybridized carbons (Fsp3) is 0. The smallest absolute Gasteiger partial charge is 0.276 e. The standard InChI is InChI=1S/C17H9Cl2N3O4S/c18-11-5-3-7-13(14(11)19)21-16(24)10(15(23)20-17(21)27)8-9-4-1-2-6-12(9)22(25)26/h1-8H,(H,20,23,27)/b10-8+. The molecule has 2 aromatic carbocycles. The largest absolute Gasteiger partial charge is 0.298 e. The van der Waals surface area contributed by atoms with E-state index in [4.69, 9.17) is 35.4 Å². The van der Waals surface area contributed by atoms with Gasteiger partial charge in [0.15, 0.2) is 5.11 Å². The topological polar surface area (TPSA) is 92.6 Å². The Morgan fingerprint density at radius 3 is 2.52 bits per heavy atom. The highest BCUT2D eigenvalue weighted by Gasteiger charge is 2.36. The van der Waals surface area contributed by atoms with E-state index in [1.165, 1.54) is 30.3 Å². The van der Waals surface area contributed by atoms with Crippen molar-refractivity contribution in [1.29, 1.82) is 0 Å². The molecular weight excluding hydrogens is 413 g/mol. The van der Waals surface area contributed by atoms with E-state index in [2.05, 4.69) is 5.32 Å². The minimum atomic E-state index is -0.772. The number of nitro benzene ring substituents is 1. The highest BCUT2D eigenvalue weighted by atomic mass is 35.5. The molecule has 0 aliphatic carbocycles. The highest BCUT2D eigenvalue weighted by molar-refractivity contribution is 7.80. The summed E-state index contributed by atoms with van der Waals surface area (Å²) in [5.41, 5.74) is -0.279. The summed E-state index contributed by atoms with van der Waals surface area (Å²) in [4.78, 5) is 36.8. The van der Waals surface area contributed by atoms with E-state index in [0.29, 0.717) is 0 Å². The SMILES string of the molecule is O=C1NC(=S)N(c2cccc(Cl)c2Cl)C(=O)/C1=C/c1ccccc1[N+](=O)[O-]. The molecule has 0 atom stereocenters. The van der Waals surface area contributed by atoms with E-state index in [1.807, 2.05) is 0 Å². The van der Waals surface area contributed by atoms with Crippen molar-refractivity contribution in [2.24, 2.45) is 0 Å². The number of amides is 2. The van der Waals surface area contributed by atoms with Gasteiger partial charge >= 0.3 is 0 Å². The molecule has 0 bridgehead atoms. The lowest BCUT2D eigenvalue weighted by Gasteiger charge is -2.29. The molecule has 1 N–H and O–H groups in total. The van der Waals surface area contributed by atoms with Crippen molar-refractivity contribution < 1.29 is 14.5 Å². The van der Waals surface area contributed by atoms with Crippen LogP contribution in [0.15, 0.2) is 48.0 Å². The molecule has 0 unspecified atom stereocenters. The van der Waals surface area contributed by atoms with Gasteiger partial charge in [-0.2, -0.15) is 0 Å². The minimum Gasteiger partial charge on any atom is -0.298 e. The molecule has 0 radical (unpaired) electrons. The average molecular weight is 422 g/mol. The number of hydrogen-bond acceptors (Lipinski definition) is 5. The van der Waals surface area contributed by atoms with Crippen molar-refractivity contribution in [1.82, 2.24) is 5.32 Å². The third-order valence-electron chi connectivity index (χ3n) is 3.71. The fourth-order valence-corrected chi connectivity index (χ4v) is 3.13. The second-order valence-corrected chi connectivity index (χ2v) is 6.52. The summed E-state index contributed by atoms with van der Waals surface area (Å²) >= 11 is 17.2. The van der Waals surface area contributed by atoms with Gasteiger partial charge in [-0.3, -0.25) is 29.9 Å². The molecule has 2 aromatic rings. The van der Waals surface area contributed by atoms with E-state index in [-0.39, 0.29) is 37.7 Å². The lowest BCUT2D eigenvalue weighted by atomic mass is 10.1. The molecule has 0 aromatic heterocycles. The van der Waals surface area contributed by atoms with Crippen LogP contribution in [-0.4, -0.2) is 21.9 Å². The second-order valence-electron chi connectivity index (χ2n) is 5.35. The van der Waals surface area contributed by atoms with Crippen molar-refractivity contribution in [2.45, 2.75) is 0 Å². The Kier molecular flexibility index (Phi) is 5.22. The Bertz CT molecular complexity index is 1040. The number of halogens is 2. The predicted molar refractivity (Wildman–Crippen MR) is 106 cm³/mol. The highest BCUT2D eigenvalue weighted by Crippen LogP contribution is 2.34. The molecule has 1 aliphatic rings. The van der Waals surface area contributed by atoms with Crippen LogP contribution in [0.4, 0.5) is 11.4 Å². The normalized spacial score (nSPS) is 15.9. The lowest BCUT2D eigenvalue weighted by molar-refractivity contribution is -0.385. The summed E-state index contributed by atoms with van der Waals surface area (Å²) in [6, 6.07) is 10.4. The van der Waals surface area contributed by atoms with Crippen molar-refractivity contribution in [3.8, 4) is 0 Å². The number of rotatable bonds is 3. The molecule has 0 saturated carbocycles. The predicted octanol–water partition coefficient (Wildman–Crippen LogP) is 3.73. The van der Waals surface area contributed by atoms with E-state index in [0.717, 1.165) is 11.0 Å². The number of thiocarbonyl (C=S) groups is 1. The molecule has 1 saturated heterocycles. The third-order valence-corrected chi connectivity index (χ3v) is 4.80. The number of nitrogens with zero attached hydrogens (tertiary/aromatic N) is 2. The van der Waals surface area contributed by atoms with Crippen LogP contribution in [0, 0.1) is 10.1 Å². The number of nitrogens with one attached hydrogen (secondary N) is 1. The molecule has 2 amide bonds. The maximum atomic E-state index is 12.9. The van der Waals surface area contributed by atoms with Crippen LogP contribution in [-0.2, 0) is 9.59 Å². The summed E-state index contributed by atoms with van der Waals surface area (Å²) in [7, 11) is 0. The molecule has 1 aliphatic heterocycles. The van der Waals surface area contributed by atoms with Gasteiger partial charge in [0.05, 0.1) is 26.2 Å². The number of carbonyl (C=O) groups is 2. The Morgan fingerprint density at radius 1 is 1.11 bits per heavy atom. The average Bonchev–Trinajstić information content (AvgIpc) is 2.62. The Morgan fingerprint density at radius 2 is 1.81 bits per heavy atom. The first-order valence-electron chi connectivity index (χ1n) is 7.40. The van der Waals surface area contributed by atoms with Crippen LogP contribution in [0.1, 0.15) is 5.56 Å². The molecule has 3 rings (SSSR count). The van der Waals surface area contributed by atoms with Crippen LogP contribution < -0.4 is 10.2 Å². The van der Waals surface area contributed by atoms with Gasteiger partial charge in [0.25, 0.3) is 17.5 Å². The Balaban J connectivity index is 2.11. The van der Waals surface area contributed by atoms with Crippen LogP contribution >= 0.6 is 35.4 Å². The quantitative estimate of drug-likeness (QED) is 0.268. The summed E-state index contributed by atoms with van der Waals surface area (Å²) in [5.74, 6) is -1.54. The zero-order valence-electron chi connectivity index (χ0n) is 13.3. The molecule has 27 heavy (non-hydrogen) atoms. The lowest BCUT2D eigenvalue weighted by Crippen LogP contribution is -2.54. The van der Waals surface area contributed by atoms with Gasteiger partial charge in [0.1, 0.15) is 5.57 Å². The maximum absolute atomic E-state index is 12.9. The zero-order chi connectivity index (χ0) is 19.7. The Labute approximate surface area is 168 Å². The maximum Gasteiger partial charge on any atom is 0.276 e. The summed E-state index contributed by atoms with van der Waals surface area (Å²) < 4.78 is 0. The number of benzene rings is 2. The number of nitro groups is 1. The number of hydrogen-bond donors (Lipinski definition) is 1. The molecule has 10 heteroatoms. The molecule has 136 valence electrons. The summed E-state index contributed by atoms with van der Waals surface area (Å²) in [6.07, 6.45) is 1.14. The minimum absolute atomic E-state index is 0.0797. The number of carbonyl (C=O) groups excluding carboxylic acids is 2. The van der Waals surface area contributed by atoms with Gasteiger partial charge in [-0.15, -0.1) is 0 Å². The van der Waals surface area contributed by atoms with E-state index >= 15 is 0 Å². The van der Waals surface area contributed by atoms with Gasteiger partial charge in [-0.1, -0.05) is 41.4 Å². The van der Waals surface area contributed by atoms with Gasteiger partial charge in [0, 0.05) is 6.07 Å². The van der Waals surface area contributed by atoms with Crippen molar-refractivity contribution >= 4 is 69.8 Å². The third kappa shape index (κ3) is 3.55.